The lowest BCUT2D eigenvalue weighted by Crippen LogP contribution is -2.15. The van der Waals surface area contributed by atoms with Crippen LogP contribution in [0.15, 0.2) is 30.0 Å². The number of para-hydroxylation sites is 2. The molecule has 0 bridgehead atoms. The summed E-state index contributed by atoms with van der Waals surface area (Å²) < 4.78 is 9.77. The average molecular weight is 235 g/mol. The predicted molar refractivity (Wildman–Crippen MR) is 62.5 cm³/mol. The summed E-state index contributed by atoms with van der Waals surface area (Å²) in [6.07, 6.45) is 0. The third-order valence-electron chi connectivity index (χ3n) is 1.95. The van der Waals surface area contributed by atoms with Gasteiger partial charge in [0.15, 0.2) is 5.94 Å². The maximum absolute atomic E-state index is 11.4. The minimum atomic E-state index is -0.742. The minimum absolute atomic E-state index is 0.192. The number of methoxy groups -OCH3 is 1. The van der Waals surface area contributed by atoms with Gasteiger partial charge in [-0.05, 0) is 19.1 Å². The van der Waals surface area contributed by atoms with Gasteiger partial charge < -0.3 is 14.8 Å². The zero-order valence-corrected chi connectivity index (χ0v) is 9.65. The first-order valence-electron chi connectivity index (χ1n) is 5.05. The van der Waals surface area contributed by atoms with Crippen molar-refractivity contribution in [1.82, 2.24) is 0 Å². The van der Waals surface area contributed by atoms with Crippen LogP contribution in [0.1, 0.15) is 6.92 Å². The lowest BCUT2D eigenvalue weighted by Gasteiger charge is -2.10. The molecule has 1 rings (SSSR count). The van der Waals surface area contributed by atoms with E-state index in [1.54, 1.807) is 31.2 Å². The molecule has 0 atom stereocenters. The van der Waals surface area contributed by atoms with Gasteiger partial charge in [-0.3, -0.25) is 0 Å². The van der Waals surface area contributed by atoms with E-state index >= 15 is 0 Å². The van der Waals surface area contributed by atoms with Crippen molar-refractivity contribution in [2.75, 3.05) is 19.0 Å². The quantitative estimate of drug-likeness (QED) is 0.474. The number of hydrogen-bond acceptors (Lipinski definition) is 5. The molecule has 0 aromatic heterocycles. The molecule has 90 valence electrons. The van der Waals surface area contributed by atoms with Gasteiger partial charge in [0.2, 0.25) is 5.70 Å². The molecule has 1 aromatic rings. The van der Waals surface area contributed by atoms with E-state index in [0.717, 1.165) is 0 Å². The molecule has 0 amide bonds. The molecule has 0 radical (unpaired) electrons. The molecule has 17 heavy (non-hydrogen) atoms. The maximum Gasteiger partial charge on any atom is 0.366 e. The maximum atomic E-state index is 11.4. The summed E-state index contributed by atoms with van der Waals surface area (Å²) in [6.45, 7) is 1.85. The number of rotatable bonds is 5. The Hall–Kier alpha value is -2.26. The Balaban J connectivity index is 2.89. The lowest BCUT2D eigenvalue weighted by atomic mass is 10.3. The van der Waals surface area contributed by atoms with Gasteiger partial charge in [-0.25, -0.2) is 9.59 Å². The van der Waals surface area contributed by atoms with Crippen LogP contribution in [0, 0.1) is 0 Å². The van der Waals surface area contributed by atoms with Crippen molar-refractivity contribution in [2.45, 2.75) is 6.92 Å². The number of carbonyl (C=O) groups is 1. The molecule has 0 heterocycles. The van der Waals surface area contributed by atoms with Gasteiger partial charge in [0.05, 0.1) is 19.4 Å². The molecular weight excluding hydrogens is 222 g/mol. The molecule has 1 N–H and O–H groups in total. The summed E-state index contributed by atoms with van der Waals surface area (Å²) in [4.78, 5) is 22.0. The van der Waals surface area contributed by atoms with E-state index in [-0.39, 0.29) is 12.3 Å². The Bertz CT molecular complexity index is 450. The molecule has 0 aliphatic rings. The molecule has 1 aromatic carbocycles. The van der Waals surface area contributed by atoms with Gasteiger partial charge in [0, 0.05) is 0 Å². The summed E-state index contributed by atoms with van der Waals surface area (Å²) >= 11 is 0. The van der Waals surface area contributed by atoms with Gasteiger partial charge >= 0.3 is 5.97 Å². The topological polar surface area (TPSA) is 64.6 Å². The van der Waals surface area contributed by atoms with E-state index in [4.69, 9.17) is 9.47 Å². The molecule has 5 heteroatoms. The standard InChI is InChI=1S/C12H13NO4/c1-3-17-12(15)10(8-14)13-9-6-4-5-7-11(9)16-2/h4-7,13H,3H2,1-2H3. The highest BCUT2D eigenvalue weighted by Crippen LogP contribution is 2.24. The van der Waals surface area contributed by atoms with Gasteiger partial charge in [-0.1, -0.05) is 12.1 Å². The molecule has 0 unspecified atom stereocenters. The highest BCUT2D eigenvalue weighted by Gasteiger charge is 2.13. The molecule has 0 saturated carbocycles. The van der Waals surface area contributed by atoms with Crippen molar-refractivity contribution in [2.24, 2.45) is 0 Å². The fraction of sp³-hybridized carbons (Fsp3) is 0.250. The fourth-order valence-electron chi connectivity index (χ4n) is 1.20. The number of nitrogens with one attached hydrogen (secondary N) is 1. The van der Waals surface area contributed by atoms with Crippen molar-refractivity contribution in [3.63, 3.8) is 0 Å². The minimum Gasteiger partial charge on any atom is -0.495 e. The van der Waals surface area contributed by atoms with Crippen LogP contribution in [-0.4, -0.2) is 25.6 Å². The van der Waals surface area contributed by atoms with Crippen molar-refractivity contribution < 1.29 is 19.1 Å². The van der Waals surface area contributed by atoms with Gasteiger partial charge in [0.25, 0.3) is 0 Å². The third-order valence-corrected chi connectivity index (χ3v) is 1.95. The molecule has 0 fully saturated rings. The molecule has 0 spiro atoms. The van der Waals surface area contributed by atoms with Crippen LogP contribution in [0.4, 0.5) is 5.69 Å². The molecule has 0 aliphatic carbocycles. The van der Waals surface area contributed by atoms with Gasteiger partial charge in [0.1, 0.15) is 5.75 Å². The Morgan fingerprint density at radius 2 is 2.12 bits per heavy atom. The van der Waals surface area contributed by atoms with Gasteiger partial charge in [-0.15, -0.1) is 0 Å². The van der Waals surface area contributed by atoms with E-state index in [2.05, 4.69) is 5.32 Å². The Labute approximate surface area is 99.0 Å². The first kappa shape index (κ1) is 12.8. The largest absolute Gasteiger partial charge is 0.495 e. The smallest absolute Gasteiger partial charge is 0.366 e. The van der Waals surface area contributed by atoms with Crippen molar-refractivity contribution in [3.8, 4) is 5.75 Å². The van der Waals surface area contributed by atoms with Crippen molar-refractivity contribution >= 4 is 17.6 Å². The van der Waals surface area contributed by atoms with Crippen LogP contribution in [-0.2, 0) is 14.3 Å². The number of benzene rings is 1. The third kappa shape index (κ3) is 3.36. The van der Waals surface area contributed by atoms with Crippen LogP contribution in [0.25, 0.3) is 0 Å². The molecule has 0 aliphatic heterocycles. The fourth-order valence-corrected chi connectivity index (χ4v) is 1.20. The normalized spacial score (nSPS) is 9.06. The zero-order chi connectivity index (χ0) is 12.7. The summed E-state index contributed by atoms with van der Waals surface area (Å²) in [5.41, 5.74) is 0.220. The number of ether oxygens (including phenoxy) is 2. The predicted octanol–water partition coefficient (Wildman–Crippen LogP) is 1.39. The first-order valence-corrected chi connectivity index (χ1v) is 5.05. The van der Waals surface area contributed by atoms with Crippen LogP contribution in [0.5, 0.6) is 5.75 Å². The SMILES string of the molecule is CCOC(=O)C(=C=O)Nc1ccccc1OC. The summed E-state index contributed by atoms with van der Waals surface area (Å²) in [7, 11) is 1.50. The van der Waals surface area contributed by atoms with Crippen LogP contribution < -0.4 is 10.1 Å². The highest BCUT2D eigenvalue weighted by atomic mass is 16.5. The zero-order valence-electron chi connectivity index (χ0n) is 9.65. The summed E-state index contributed by atoms with van der Waals surface area (Å²) in [6, 6.07) is 6.91. The van der Waals surface area contributed by atoms with E-state index in [1.165, 1.54) is 13.1 Å². The summed E-state index contributed by atoms with van der Waals surface area (Å²) in [5.74, 6) is 1.29. The second-order valence-electron chi connectivity index (χ2n) is 3.02. The highest BCUT2D eigenvalue weighted by molar-refractivity contribution is 6.00. The Morgan fingerprint density at radius 3 is 2.71 bits per heavy atom. The van der Waals surface area contributed by atoms with E-state index in [1.807, 2.05) is 0 Å². The number of esters is 1. The molecule has 5 nitrogen and oxygen atoms in total. The first-order chi connectivity index (χ1) is 8.22. The number of carbonyl (C=O) groups excluding carboxylic acids is 2. The van der Waals surface area contributed by atoms with E-state index in [9.17, 15) is 9.59 Å². The van der Waals surface area contributed by atoms with Crippen molar-refractivity contribution in [3.05, 3.63) is 30.0 Å². The van der Waals surface area contributed by atoms with Gasteiger partial charge in [-0.2, -0.15) is 0 Å². The number of hydrogen-bond donors (Lipinski definition) is 1. The average Bonchev–Trinajstić information content (AvgIpc) is 2.36. The Kier molecular flexibility index (Phi) is 4.78. The Morgan fingerprint density at radius 1 is 1.41 bits per heavy atom. The second-order valence-corrected chi connectivity index (χ2v) is 3.02. The number of anilines is 1. The molecular formula is C12H13NO4. The lowest BCUT2D eigenvalue weighted by molar-refractivity contribution is -0.138. The van der Waals surface area contributed by atoms with E-state index in [0.29, 0.717) is 11.4 Å². The summed E-state index contributed by atoms with van der Waals surface area (Å²) in [5, 5.41) is 2.63. The van der Waals surface area contributed by atoms with Crippen LogP contribution in [0.2, 0.25) is 0 Å². The van der Waals surface area contributed by atoms with Crippen LogP contribution in [0.3, 0.4) is 0 Å². The van der Waals surface area contributed by atoms with E-state index < -0.39 is 5.97 Å². The second kappa shape index (κ2) is 6.35. The van der Waals surface area contributed by atoms with Crippen molar-refractivity contribution in [1.29, 1.82) is 0 Å². The van der Waals surface area contributed by atoms with Crippen LogP contribution >= 0.6 is 0 Å². The molecule has 0 saturated heterocycles. The monoisotopic (exact) mass is 235 g/mol.